The van der Waals surface area contributed by atoms with E-state index in [0.29, 0.717) is 0 Å². The van der Waals surface area contributed by atoms with Gasteiger partial charge in [0.2, 0.25) is 0 Å². The Labute approximate surface area is 466 Å². The van der Waals surface area contributed by atoms with Crippen molar-refractivity contribution >= 4 is 49.6 Å². The quantitative estimate of drug-likeness (QED) is 0.140. The van der Waals surface area contributed by atoms with Gasteiger partial charge in [0.1, 0.15) is 0 Å². The first-order chi connectivity index (χ1) is 39.7. The molecule has 0 radical (unpaired) electrons. The molecule has 0 fully saturated rings. The molecule has 2 aliphatic rings. The zero-order chi connectivity index (χ0) is 52.8. The largest absolute Gasteiger partial charge is 0.310 e. The minimum atomic E-state index is -0.564. The van der Waals surface area contributed by atoms with Crippen LogP contribution in [-0.4, -0.2) is 4.57 Å². The van der Waals surface area contributed by atoms with Crippen molar-refractivity contribution in [3.8, 4) is 39.1 Å². The molecule has 0 atom stereocenters. The minimum absolute atomic E-state index is 0.563. The Kier molecular flexibility index (Phi) is 10.4. The maximum atomic E-state index is 2.52. The van der Waals surface area contributed by atoms with Gasteiger partial charge in [0.25, 0.3) is 0 Å². The van der Waals surface area contributed by atoms with Crippen LogP contribution in [0.1, 0.15) is 44.5 Å². The first-order valence-corrected chi connectivity index (χ1v) is 27.8. The Bertz CT molecular complexity index is 4600. The van der Waals surface area contributed by atoms with E-state index in [1.165, 1.54) is 99.4 Å². The predicted octanol–water partition coefficient (Wildman–Crippen LogP) is 19.8. The standard InChI is InChI=1S/C78H52N2/c1-5-22-53(23-6-1)54-40-43-60(44-41-54)79(62-45-47-67-66-35-17-18-36-70(66)77(73(67)52-62,56-26-7-2-8-27-56)57-28-9-3-10-29-57)61-46-49-76-69(51-61)68-50-59(42-48-75(68)80(76)74-39-21-25-55-24-13-14-32-63(55)74)78(58-30-11-4-12-31-58)71-37-19-15-33-64(71)65-34-16-20-38-72(65)78/h1-52H. The van der Waals surface area contributed by atoms with Gasteiger partial charge in [-0.1, -0.05) is 255 Å². The first kappa shape index (κ1) is 45.9. The molecular weight excluding hydrogens is 965 g/mol. The van der Waals surface area contributed by atoms with E-state index < -0.39 is 10.8 Å². The molecule has 80 heavy (non-hydrogen) atoms. The molecule has 13 aromatic carbocycles. The molecule has 374 valence electrons. The number of fused-ring (bicyclic) bond motifs is 10. The van der Waals surface area contributed by atoms with Crippen LogP contribution in [0.25, 0.3) is 71.6 Å². The molecule has 0 spiro atoms. The molecule has 0 N–H and O–H groups in total. The second-order valence-electron chi connectivity index (χ2n) is 21.5. The molecule has 2 heteroatoms. The number of aromatic nitrogens is 1. The normalized spacial score (nSPS) is 13.4. The number of nitrogens with zero attached hydrogens (tertiary/aromatic N) is 2. The Morgan fingerprint density at radius 3 is 1.27 bits per heavy atom. The van der Waals surface area contributed by atoms with Crippen molar-refractivity contribution < 1.29 is 0 Å². The maximum Gasteiger partial charge on any atom is 0.0714 e. The molecular formula is C78H52N2. The van der Waals surface area contributed by atoms with Crippen molar-refractivity contribution in [2.75, 3.05) is 4.90 Å². The van der Waals surface area contributed by atoms with E-state index in [2.05, 4.69) is 325 Å². The van der Waals surface area contributed by atoms with Crippen LogP contribution >= 0.6 is 0 Å². The predicted molar refractivity (Wildman–Crippen MR) is 333 cm³/mol. The summed E-state index contributed by atoms with van der Waals surface area (Å²) in [6.07, 6.45) is 0. The van der Waals surface area contributed by atoms with Gasteiger partial charge in [-0.3, -0.25) is 0 Å². The molecule has 0 unspecified atom stereocenters. The van der Waals surface area contributed by atoms with Gasteiger partial charge >= 0.3 is 0 Å². The third kappa shape index (κ3) is 6.66. The monoisotopic (exact) mass is 1020 g/mol. The number of benzene rings is 13. The lowest BCUT2D eigenvalue weighted by atomic mass is 9.67. The van der Waals surface area contributed by atoms with E-state index in [9.17, 15) is 0 Å². The summed E-state index contributed by atoms with van der Waals surface area (Å²) < 4.78 is 2.51. The number of rotatable bonds is 9. The first-order valence-electron chi connectivity index (χ1n) is 27.8. The number of anilines is 3. The summed E-state index contributed by atoms with van der Waals surface area (Å²) in [5.74, 6) is 0. The third-order valence-electron chi connectivity index (χ3n) is 17.5. The zero-order valence-corrected chi connectivity index (χ0v) is 43.9. The fourth-order valence-corrected chi connectivity index (χ4v) is 14.2. The Hall–Kier alpha value is -10.3. The van der Waals surface area contributed by atoms with Crippen LogP contribution in [0.5, 0.6) is 0 Å². The second-order valence-corrected chi connectivity index (χ2v) is 21.5. The van der Waals surface area contributed by atoms with Gasteiger partial charge < -0.3 is 9.47 Å². The van der Waals surface area contributed by atoms with Gasteiger partial charge in [0.15, 0.2) is 0 Å². The third-order valence-corrected chi connectivity index (χ3v) is 17.5. The fourth-order valence-electron chi connectivity index (χ4n) is 14.2. The van der Waals surface area contributed by atoms with Crippen molar-refractivity contribution in [1.29, 1.82) is 0 Å². The van der Waals surface area contributed by atoms with Crippen LogP contribution < -0.4 is 4.90 Å². The van der Waals surface area contributed by atoms with Crippen LogP contribution in [0.15, 0.2) is 315 Å². The van der Waals surface area contributed by atoms with Gasteiger partial charge in [0.05, 0.1) is 27.6 Å². The van der Waals surface area contributed by atoms with Gasteiger partial charge in [-0.15, -0.1) is 0 Å². The topological polar surface area (TPSA) is 8.17 Å². The van der Waals surface area contributed by atoms with Crippen molar-refractivity contribution in [1.82, 2.24) is 4.57 Å². The summed E-state index contributed by atoms with van der Waals surface area (Å²) in [7, 11) is 0. The highest BCUT2D eigenvalue weighted by Crippen LogP contribution is 2.59. The van der Waals surface area contributed by atoms with Gasteiger partial charge in [-0.05, 0) is 144 Å². The zero-order valence-electron chi connectivity index (χ0n) is 43.9. The van der Waals surface area contributed by atoms with Crippen LogP contribution in [-0.2, 0) is 10.8 Å². The average molecular weight is 1020 g/mol. The molecule has 0 bridgehead atoms. The van der Waals surface area contributed by atoms with E-state index >= 15 is 0 Å². The lowest BCUT2D eigenvalue weighted by Crippen LogP contribution is -2.28. The molecule has 1 heterocycles. The van der Waals surface area contributed by atoms with E-state index in [-0.39, 0.29) is 0 Å². The molecule has 14 aromatic rings. The van der Waals surface area contributed by atoms with Crippen LogP contribution in [0.2, 0.25) is 0 Å². The SMILES string of the molecule is c1ccc(-c2ccc(N(c3ccc4c(c3)C(c3ccccc3)(c3ccccc3)c3ccccc3-4)c3ccc4c(c3)c3cc(C5(c6ccccc6)c6ccccc6-c6ccccc65)ccc3n4-c3cccc4ccccc34)cc2)cc1. The van der Waals surface area contributed by atoms with Gasteiger partial charge in [-0.25, -0.2) is 0 Å². The lowest BCUT2D eigenvalue weighted by molar-refractivity contribution is 0.768. The molecule has 2 aliphatic carbocycles. The lowest BCUT2D eigenvalue weighted by Gasteiger charge is -2.35. The smallest absolute Gasteiger partial charge is 0.0714 e. The number of hydrogen-bond acceptors (Lipinski definition) is 1. The van der Waals surface area contributed by atoms with Crippen molar-refractivity contribution in [2.45, 2.75) is 10.8 Å². The molecule has 16 rings (SSSR count). The van der Waals surface area contributed by atoms with Crippen molar-refractivity contribution in [3.63, 3.8) is 0 Å². The Morgan fingerprint density at radius 1 is 0.250 bits per heavy atom. The summed E-state index contributed by atoms with van der Waals surface area (Å²) >= 11 is 0. The van der Waals surface area contributed by atoms with E-state index in [4.69, 9.17) is 0 Å². The summed E-state index contributed by atoms with van der Waals surface area (Å²) in [5, 5.41) is 4.79. The van der Waals surface area contributed by atoms with Crippen molar-refractivity contribution in [3.05, 3.63) is 360 Å². The van der Waals surface area contributed by atoms with E-state index in [1.807, 2.05) is 0 Å². The Balaban J connectivity index is 0.979. The minimum Gasteiger partial charge on any atom is -0.310 e. The highest BCUT2D eigenvalue weighted by molar-refractivity contribution is 6.12. The molecule has 0 aliphatic heterocycles. The molecule has 2 nitrogen and oxygen atoms in total. The Morgan fingerprint density at radius 2 is 0.675 bits per heavy atom. The highest BCUT2D eigenvalue weighted by atomic mass is 15.1. The van der Waals surface area contributed by atoms with Crippen LogP contribution in [0, 0.1) is 0 Å². The van der Waals surface area contributed by atoms with E-state index in [1.54, 1.807) is 0 Å². The summed E-state index contributed by atoms with van der Waals surface area (Å²) in [6.45, 7) is 0. The summed E-state index contributed by atoms with van der Waals surface area (Å²) in [5.41, 5.74) is 23.1. The van der Waals surface area contributed by atoms with Gasteiger partial charge in [-0.2, -0.15) is 0 Å². The summed E-state index contributed by atoms with van der Waals surface area (Å²) in [4.78, 5) is 2.48. The van der Waals surface area contributed by atoms with Crippen molar-refractivity contribution in [2.24, 2.45) is 0 Å². The highest BCUT2D eigenvalue weighted by Gasteiger charge is 2.48. The fraction of sp³-hybridized carbons (Fsp3) is 0.0256. The molecule has 0 saturated heterocycles. The maximum absolute atomic E-state index is 2.52. The summed E-state index contributed by atoms with van der Waals surface area (Å²) in [6, 6.07) is 118. The molecule has 0 saturated carbocycles. The molecule has 1 aromatic heterocycles. The number of hydrogen-bond donors (Lipinski definition) is 0. The molecule has 0 amide bonds. The van der Waals surface area contributed by atoms with Crippen LogP contribution in [0.3, 0.4) is 0 Å². The van der Waals surface area contributed by atoms with Gasteiger partial charge in [0, 0.05) is 33.2 Å². The average Bonchev–Trinajstić information content (AvgIpc) is 4.35. The van der Waals surface area contributed by atoms with Crippen LogP contribution in [0.4, 0.5) is 17.1 Å². The van der Waals surface area contributed by atoms with E-state index in [0.717, 1.165) is 33.8 Å². The second kappa shape index (κ2) is 18.2.